The molecule has 1 aromatic heterocycles. The Morgan fingerprint density at radius 2 is 2.13 bits per heavy atom. The molecule has 1 aromatic rings. The van der Waals surface area contributed by atoms with Crippen molar-refractivity contribution in [3.8, 4) is 0 Å². The fraction of sp³-hybridized carbons (Fsp3) is 0.455. The first-order valence-corrected chi connectivity index (χ1v) is 5.47. The van der Waals surface area contributed by atoms with Crippen LogP contribution in [0.2, 0.25) is 5.15 Å². The summed E-state index contributed by atoms with van der Waals surface area (Å²) in [5.41, 5.74) is 0.548. The number of carbonyl (C=O) groups excluding carboxylic acids is 1. The van der Waals surface area contributed by atoms with Crippen LogP contribution in [-0.4, -0.2) is 16.9 Å². The van der Waals surface area contributed by atoms with E-state index in [2.05, 4.69) is 24.1 Å². The van der Waals surface area contributed by atoms with Crippen molar-refractivity contribution in [2.24, 2.45) is 0 Å². The van der Waals surface area contributed by atoms with Gasteiger partial charge in [0.2, 0.25) is 0 Å². The molecule has 0 fully saturated rings. The van der Waals surface area contributed by atoms with Gasteiger partial charge in [-0.1, -0.05) is 25.4 Å². The number of halogens is 1. The summed E-state index contributed by atoms with van der Waals surface area (Å²) >= 11 is 5.63. The number of aromatic nitrogens is 1. The lowest BCUT2D eigenvalue weighted by molar-refractivity contribution is 0.0934. The van der Waals surface area contributed by atoms with E-state index in [9.17, 15) is 4.79 Å². The van der Waals surface area contributed by atoms with Crippen molar-refractivity contribution in [3.05, 3.63) is 29.0 Å². The molecule has 82 valence electrons. The number of nitrogens with zero attached hydrogens (tertiary/aromatic N) is 1. The van der Waals surface area contributed by atoms with E-state index < -0.39 is 0 Å². The van der Waals surface area contributed by atoms with Gasteiger partial charge in [-0.2, -0.15) is 0 Å². The Balaban J connectivity index is 2.64. The van der Waals surface area contributed by atoms with Crippen LogP contribution < -0.4 is 5.32 Å². The van der Waals surface area contributed by atoms with Crippen molar-refractivity contribution in [1.82, 2.24) is 10.3 Å². The molecule has 4 heteroatoms. The van der Waals surface area contributed by atoms with E-state index >= 15 is 0 Å². The largest absolute Gasteiger partial charge is 0.349 e. The Bertz CT molecular complexity index is 320. The Morgan fingerprint density at radius 3 is 2.60 bits per heavy atom. The molecule has 0 spiro atoms. The summed E-state index contributed by atoms with van der Waals surface area (Å²) in [5.74, 6) is -0.0899. The molecule has 0 aliphatic heterocycles. The summed E-state index contributed by atoms with van der Waals surface area (Å²) in [6.45, 7) is 4.10. The fourth-order valence-corrected chi connectivity index (χ4v) is 1.38. The summed E-state index contributed by atoms with van der Waals surface area (Å²) < 4.78 is 0. The van der Waals surface area contributed by atoms with Crippen LogP contribution in [0.4, 0.5) is 0 Å². The van der Waals surface area contributed by atoms with Gasteiger partial charge in [-0.05, 0) is 25.0 Å². The maximum atomic E-state index is 11.7. The molecule has 3 nitrogen and oxygen atoms in total. The Labute approximate surface area is 94.9 Å². The highest BCUT2D eigenvalue weighted by Gasteiger charge is 2.10. The molecule has 1 heterocycles. The van der Waals surface area contributed by atoms with Crippen LogP contribution in [0.1, 0.15) is 37.0 Å². The zero-order valence-corrected chi connectivity index (χ0v) is 9.71. The number of hydrogen-bond donors (Lipinski definition) is 1. The van der Waals surface area contributed by atoms with E-state index in [1.54, 1.807) is 12.1 Å². The molecular formula is C11H15ClN2O. The first-order valence-electron chi connectivity index (χ1n) is 5.09. The van der Waals surface area contributed by atoms with Crippen LogP contribution in [0.3, 0.4) is 0 Å². The molecule has 1 amide bonds. The van der Waals surface area contributed by atoms with Crippen molar-refractivity contribution >= 4 is 17.5 Å². The zero-order chi connectivity index (χ0) is 11.3. The van der Waals surface area contributed by atoms with E-state index in [0.717, 1.165) is 12.8 Å². The highest BCUT2D eigenvalue weighted by atomic mass is 35.5. The van der Waals surface area contributed by atoms with Crippen LogP contribution in [-0.2, 0) is 0 Å². The molecule has 0 bridgehead atoms. The third-order valence-electron chi connectivity index (χ3n) is 2.31. The Morgan fingerprint density at radius 1 is 1.47 bits per heavy atom. The van der Waals surface area contributed by atoms with Crippen LogP contribution in [0.5, 0.6) is 0 Å². The van der Waals surface area contributed by atoms with Crippen molar-refractivity contribution in [2.75, 3.05) is 0 Å². The molecule has 1 rings (SSSR count). The lowest BCUT2D eigenvalue weighted by Gasteiger charge is -2.14. The van der Waals surface area contributed by atoms with Gasteiger partial charge >= 0.3 is 0 Å². The third kappa shape index (κ3) is 3.51. The van der Waals surface area contributed by atoms with E-state index in [-0.39, 0.29) is 11.9 Å². The third-order valence-corrected chi connectivity index (χ3v) is 2.53. The van der Waals surface area contributed by atoms with Crippen LogP contribution in [0, 0.1) is 0 Å². The monoisotopic (exact) mass is 226 g/mol. The van der Waals surface area contributed by atoms with Crippen molar-refractivity contribution in [3.63, 3.8) is 0 Å². The average Bonchev–Trinajstić information content (AvgIpc) is 2.26. The standard InChI is InChI=1S/C11H15ClN2O/c1-3-9(4-2)14-11(15)8-5-6-10(12)13-7-8/h5-7,9H,3-4H2,1-2H3,(H,14,15). The maximum absolute atomic E-state index is 11.7. The second-order valence-electron chi connectivity index (χ2n) is 3.36. The summed E-state index contributed by atoms with van der Waals surface area (Å²) in [5, 5.41) is 3.33. The Kier molecular flexibility index (Phi) is 4.56. The summed E-state index contributed by atoms with van der Waals surface area (Å²) in [6.07, 6.45) is 3.35. The minimum Gasteiger partial charge on any atom is -0.349 e. The summed E-state index contributed by atoms with van der Waals surface area (Å²) in [6, 6.07) is 3.52. The molecule has 1 N–H and O–H groups in total. The molecule has 0 aliphatic rings. The van der Waals surface area contributed by atoms with Gasteiger partial charge in [0.05, 0.1) is 5.56 Å². The number of hydrogen-bond acceptors (Lipinski definition) is 2. The van der Waals surface area contributed by atoms with E-state index in [1.807, 2.05) is 0 Å². The van der Waals surface area contributed by atoms with Crippen molar-refractivity contribution in [2.45, 2.75) is 32.7 Å². The first-order chi connectivity index (χ1) is 7.17. The predicted molar refractivity (Wildman–Crippen MR) is 61.1 cm³/mol. The fourth-order valence-electron chi connectivity index (χ4n) is 1.27. The van der Waals surface area contributed by atoms with E-state index in [0.29, 0.717) is 10.7 Å². The van der Waals surface area contributed by atoms with Gasteiger partial charge in [-0.25, -0.2) is 4.98 Å². The van der Waals surface area contributed by atoms with Crippen molar-refractivity contribution < 1.29 is 4.79 Å². The van der Waals surface area contributed by atoms with Crippen LogP contribution >= 0.6 is 11.6 Å². The quantitative estimate of drug-likeness (QED) is 0.802. The van der Waals surface area contributed by atoms with Gasteiger partial charge in [0, 0.05) is 12.2 Å². The predicted octanol–water partition coefficient (Wildman–Crippen LogP) is 2.65. The lowest BCUT2D eigenvalue weighted by Crippen LogP contribution is -2.33. The second kappa shape index (κ2) is 5.71. The molecule has 0 saturated heterocycles. The number of amides is 1. The SMILES string of the molecule is CCC(CC)NC(=O)c1ccc(Cl)nc1. The highest BCUT2D eigenvalue weighted by Crippen LogP contribution is 2.06. The summed E-state index contributed by atoms with van der Waals surface area (Å²) in [7, 11) is 0. The molecule has 0 atom stereocenters. The molecule has 0 aliphatic carbocycles. The number of pyridine rings is 1. The van der Waals surface area contributed by atoms with Crippen molar-refractivity contribution in [1.29, 1.82) is 0 Å². The van der Waals surface area contributed by atoms with Gasteiger partial charge < -0.3 is 5.32 Å². The highest BCUT2D eigenvalue weighted by molar-refractivity contribution is 6.29. The molecule has 0 unspecified atom stereocenters. The first kappa shape index (κ1) is 12.0. The number of rotatable bonds is 4. The van der Waals surface area contributed by atoms with Crippen LogP contribution in [0.25, 0.3) is 0 Å². The van der Waals surface area contributed by atoms with E-state index in [1.165, 1.54) is 6.20 Å². The zero-order valence-electron chi connectivity index (χ0n) is 8.96. The van der Waals surface area contributed by atoms with Gasteiger partial charge in [-0.3, -0.25) is 4.79 Å². The normalized spacial score (nSPS) is 10.4. The molecule has 0 saturated carbocycles. The molecular weight excluding hydrogens is 212 g/mol. The molecule has 15 heavy (non-hydrogen) atoms. The number of carbonyl (C=O) groups is 1. The second-order valence-corrected chi connectivity index (χ2v) is 3.74. The Hall–Kier alpha value is -1.09. The van der Waals surface area contributed by atoms with Crippen LogP contribution in [0.15, 0.2) is 18.3 Å². The minimum atomic E-state index is -0.0899. The van der Waals surface area contributed by atoms with Gasteiger partial charge in [-0.15, -0.1) is 0 Å². The smallest absolute Gasteiger partial charge is 0.253 e. The maximum Gasteiger partial charge on any atom is 0.253 e. The number of nitrogens with one attached hydrogen (secondary N) is 1. The van der Waals surface area contributed by atoms with Gasteiger partial charge in [0.1, 0.15) is 5.15 Å². The molecule has 0 radical (unpaired) electrons. The molecule has 0 aromatic carbocycles. The summed E-state index contributed by atoms with van der Waals surface area (Å²) in [4.78, 5) is 15.6. The van der Waals surface area contributed by atoms with E-state index in [4.69, 9.17) is 11.6 Å². The van der Waals surface area contributed by atoms with Gasteiger partial charge in [0.25, 0.3) is 5.91 Å². The lowest BCUT2D eigenvalue weighted by atomic mass is 10.1. The average molecular weight is 227 g/mol. The topological polar surface area (TPSA) is 42.0 Å². The minimum absolute atomic E-state index is 0.0899. The van der Waals surface area contributed by atoms with Gasteiger partial charge in [0.15, 0.2) is 0 Å².